The molecule has 0 spiro atoms. The maximum atomic E-state index is 12.7. The van der Waals surface area contributed by atoms with E-state index in [9.17, 15) is 9.59 Å². The number of likely N-dealkylation sites (tertiary alicyclic amines) is 1. The smallest absolute Gasteiger partial charge is 0.243 e. The van der Waals surface area contributed by atoms with E-state index in [0.717, 1.165) is 29.7 Å². The lowest BCUT2D eigenvalue weighted by atomic mass is 9.91. The van der Waals surface area contributed by atoms with E-state index in [-0.39, 0.29) is 23.3 Å². The third kappa shape index (κ3) is 4.98. The maximum Gasteiger partial charge on any atom is 0.243 e. The molecular weight excluding hydrogens is 370 g/mol. The molecule has 2 heterocycles. The van der Waals surface area contributed by atoms with Crippen LogP contribution in [0.4, 0.5) is 0 Å². The quantitative estimate of drug-likeness (QED) is 0.821. The fraction of sp³-hybridized carbons (Fsp3) is 0.500. The number of hydrogen-bond acceptors (Lipinski definition) is 4. The number of aromatic nitrogens is 1. The van der Waals surface area contributed by atoms with E-state index < -0.39 is 0 Å². The number of benzene rings is 1. The van der Waals surface area contributed by atoms with E-state index in [2.05, 4.69) is 22.4 Å². The predicted molar refractivity (Wildman–Crippen MR) is 113 cm³/mol. The Bertz CT molecular complexity index is 836. The summed E-state index contributed by atoms with van der Waals surface area (Å²) < 4.78 is 0. The zero-order valence-corrected chi connectivity index (χ0v) is 17.9. The summed E-state index contributed by atoms with van der Waals surface area (Å²) in [5.74, 6) is 0.0246. The van der Waals surface area contributed by atoms with Gasteiger partial charge in [0.15, 0.2) is 0 Å². The molecule has 6 heteroatoms. The third-order valence-corrected chi connectivity index (χ3v) is 5.96. The average Bonchev–Trinajstić information content (AvgIpc) is 3.28. The minimum Gasteiger partial charge on any atom is -0.350 e. The van der Waals surface area contributed by atoms with E-state index in [1.165, 1.54) is 4.88 Å². The molecule has 0 radical (unpaired) electrons. The molecule has 0 saturated carbocycles. The van der Waals surface area contributed by atoms with Crippen molar-refractivity contribution in [3.05, 3.63) is 41.0 Å². The first-order valence-electron chi connectivity index (χ1n) is 9.81. The number of hydrogen-bond donors (Lipinski definition) is 1. The first kappa shape index (κ1) is 20.5. The number of nitrogens with one attached hydrogen (secondary N) is 1. The minimum absolute atomic E-state index is 0.0536. The summed E-state index contributed by atoms with van der Waals surface area (Å²) in [6.07, 6.45) is 2.09. The van der Waals surface area contributed by atoms with Crippen molar-refractivity contribution in [2.45, 2.75) is 59.5 Å². The van der Waals surface area contributed by atoms with E-state index in [4.69, 9.17) is 0 Å². The van der Waals surface area contributed by atoms with Crippen LogP contribution in [0.25, 0.3) is 10.4 Å². The summed E-state index contributed by atoms with van der Waals surface area (Å²) in [6, 6.07) is 7.86. The van der Waals surface area contributed by atoms with Crippen LogP contribution in [0.3, 0.4) is 0 Å². The van der Waals surface area contributed by atoms with Gasteiger partial charge in [-0.25, -0.2) is 4.98 Å². The van der Waals surface area contributed by atoms with Crippen LogP contribution < -0.4 is 5.32 Å². The lowest BCUT2D eigenvalue weighted by Crippen LogP contribution is -2.46. The molecule has 0 bridgehead atoms. The van der Waals surface area contributed by atoms with Crippen molar-refractivity contribution in [1.82, 2.24) is 15.2 Å². The summed E-state index contributed by atoms with van der Waals surface area (Å²) in [5, 5.41) is 3.01. The van der Waals surface area contributed by atoms with Crippen LogP contribution in [0.15, 0.2) is 29.8 Å². The molecule has 28 heavy (non-hydrogen) atoms. The number of amides is 2. The number of carbonyl (C=O) groups is 2. The molecule has 2 aromatic rings. The van der Waals surface area contributed by atoms with Gasteiger partial charge in [-0.2, -0.15) is 0 Å². The Balaban J connectivity index is 1.57. The SMILES string of the molecule is Cc1ncsc1-c1ccc(CNC(=O)C2CCCN2C(=O)CC(C)(C)C)cc1. The molecule has 1 saturated heterocycles. The van der Waals surface area contributed by atoms with Crippen molar-refractivity contribution in [1.29, 1.82) is 0 Å². The second-order valence-electron chi connectivity index (χ2n) is 8.66. The molecule has 1 atom stereocenters. The van der Waals surface area contributed by atoms with Crippen molar-refractivity contribution < 1.29 is 9.59 Å². The summed E-state index contributed by atoms with van der Waals surface area (Å²) in [7, 11) is 0. The Hall–Kier alpha value is -2.21. The highest BCUT2D eigenvalue weighted by atomic mass is 32.1. The molecular formula is C22H29N3O2S. The van der Waals surface area contributed by atoms with E-state index in [1.54, 1.807) is 16.2 Å². The van der Waals surface area contributed by atoms with Gasteiger partial charge in [-0.3, -0.25) is 9.59 Å². The normalized spacial score (nSPS) is 17.0. The minimum atomic E-state index is -0.339. The molecule has 0 aliphatic carbocycles. The van der Waals surface area contributed by atoms with Crippen molar-refractivity contribution in [3.8, 4) is 10.4 Å². The highest BCUT2D eigenvalue weighted by Crippen LogP contribution is 2.27. The topological polar surface area (TPSA) is 62.3 Å². The van der Waals surface area contributed by atoms with Gasteiger partial charge < -0.3 is 10.2 Å². The molecule has 3 rings (SSSR count). The predicted octanol–water partition coefficient (Wildman–Crippen LogP) is 4.16. The lowest BCUT2D eigenvalue weighted by Gasteiger charge is -2.27. The van der Waals surface area contributed by atoms with Gasteiger partial charge in [0.2, 0.25) is 11.8 Å². The van der Waals surface area contributed by atoms with Gasteiger partial charge in [0, 0.05) is 19.5 Å². The van der Waals surface area contributed by atoms with Crippen LogP contribution >= 0.6 is 11.3 Å². The van der Waals surface area contributed by atoms with Crippen LogP contribution in [0.5, 0.6) is 0 Å². The largest absolute Gasteiger partial charge is 0.350 e. The molecule has 1 fully saturated rings. The van der Waals surface area contributed by atoms with Gasteiger partial charge in [-0.15, -0.1) is 11.3 Å². The summed E-state index contributed by atoms with van der Waals surface area (Å²) in [6.45, 7) is 9.30. The first-order valence-corrected chi connectivity index (χ1v) is 10.7. The number of carbonyl (C=O) groups excluding carboxylic acids is 2. The highest BCUT2D eigenvalue weighted by molar-refractivity contribution is 7.13. The summed E-state index contributed by atoms with van der Waals surface area (Å²) in [5.41, 5.74) is 5.01. The molecule has 150 valence electrons. The Morgan fingerprint density at radius 2 is 1.96 bits per heavy atom. The monoisotopic (exact) mass is 399 g/mol. The number of aryl methyl sites for hydroxylation is 1. The van der Waals surface area contributed by atoms with Crippen LogP contribution in [-0.2, 0) is 16.1 Å². The second kappa shape index (κ2) is 8.43. The van der Waals surface area contributed by atoms with E-state index >= 15 is 0 Å². The fourth-order valence-electron chi connectivity index (χ4n) is 3.55. The van der Waals surface area contributed by atoms with Crippen molar-refractivity contribution >= 4 is 23.2 Å². The van der Waals surface area contributed by atoms with Gasteiger partial charge >= 0.3 is 0 Å². The molecule has 1 aromatic carbocycles. The van der Waals surface area contributed by atoms with Gasteiger partial charge in [0.05, 0.1) is 16.1 Å². The Labute approximate surface area is 171 Å². The summed E-state index contributed by atoms with van der Waals surface area (Å²) >= 11 is 1.63. The summed E-state index contributed by atoms with van der Waals surface area (Å²) in [4.78, 5) is 32.5. The average molecular weight is 400 g/mol. The van der Waals surface area contributed by atoms with E-state index in [1.807, 2.05) is 45.3 Å². The molecule has 5 nitrogen and oxygen atoms in total. The van der Waals surface area contributed by atoms with Crippen molar-refractivity contribution in [2.75, 3.05) is 6.54 Å². The molecule has 1 aliphatic heterocycles. The molecule has 1 N–H and O–H groups in total. The molecule has 1 aliphatic rings. The van der Waals surface area contributed by atoms with Gasteiger partial charge in [-0.05, 0) is 36.3 Å². The van der Waals surface area contributed by atoms with Crippen LogP contribution in [0.2, 0.25) is 0 Å². The van der Waals surface area contributed by atoms with Gasteiger partial charge in [0.25, 0.3) is 0 Å². The Kier molecular flexibility index (Phi) is 6.18. The zero-order chi connectivity index (χ0) is 20.3. The molecule has 1 unspecified atom stereocenters. The first-order chi connectivity index (χ1) is 13.2. The number of nitrogens with zero attached hydrogens (tertiary/aromatic N) is 2. The second-order valence-corrected chi connectivity index (χ2v) is 9.52. The standard InChI is InChI=1S/C22H29N3O2S/c1-15-20(28-14-24-15)17-9-7-16(8-10-17)13-23-21(27)18-6-5-11-25(18)19(26)12-22(2,3)4/h7-10,14,18H,5-6,11-13H2,1-4H3,(H,23,27). The van der Waals surface area contributed by atoms with E-state index in [0.29, 0.717) is 19.5 Å². The zero-order valence-electron chi connectivity index (χ0n) is 17.1. The van der Waals surface area contributed by atoms with Crippen molar-refractivity contribution in [2.24, 2.45) is 5.41 Å². The third-order valence-electron chi connectivity index (χ3n) is 4.99. The van der Waals surface area contributed by atoms with Gasteiger partial charge in [-0.1, -0.05) is 45.0 Å². The number of thiazole rings is 1. The van der Waals surface area contributed by atoms with Crippen LogP contribution in [0, 0.1) is 12.3 Å². The fourth-order valence-corrected chi connectivity index (χ4v) is 4.36. The number of rotatable bonds is 5. The molecule has 2 amide bonds. The van der Waals surface area contributed by atoms with Crippen LogP contribution in [-0.4, -0.2) is 34.3 Å². The maximum absolute atomic E-state index is 12.7. The van der Waals surface area contributed by atoms with Crippen molar-refractivity contribution in [3.63, 3.8) is 0 Å². The highest BCUT2D eigenvalue weighted by Gasteiger charge is 2.35. The Morgan fingerprint density at radius 1 is 1.25 bits per heavy atom. The van der Waals surface area contributed by atoms with Crippen LogP contribution in [0.1, 0.15) is 51.3 Å². The molecule has 1 aromatic heterocycles. The Morgan fingerprint density at radius 3 is 2.57 bits per heavy atom. The van der Waals surface area contributed by atoms with Gasteiger partial charge in [0.1, 0.15) is 6.04 Å². The lowest BCUT2D eigenvalue weighted by molar-refractivity contribution is -0.139.